The molecule has 0 radical (unpaired) electrons. The first-order chi connectivity index (χ1) is 8.79. The van der Waals surface area contributed by atoms with Crippen molar-refractivity contribution in [3.63, 3.8) is 0 Å². The van der Waals surface area contributed by atoms with Gasteiger partial charge in [0.05, 0.1) is 0 Å². The summed E-state index contributed by atoms with van der Waals surface area (Å²) in [7, 11) is 0. The van der Waals surface area contributed by atoms with Crippen LogP contribution in [0, 0.1) is 0 Å². The summed E-state index contributed by atoms with van der Waals surface area (Å²) in [6, 6.07) is 9.05. The topological polar surface area (TPSA) is 21.3 Å². The molecular formula is C16H25NO. The Morgan fingerprint density at radius 2 is 2.22 bits per heavy atom. The smallest absolute Gasteiger partial charge is 0.123 e. The molecule has 0 saturated carbocycles. The zero-order valence-corrected chi connectivity index (χ0v) is 11.6. The minimum Gasteiger partial charge on any atom is -0.490 e. The largest absolute Gasteiger partial charge is 0.490 e. The number of hydrogen-bond acceptors (Lipinski definition) is 2. The molecule has 18 heavy (non-hydrogen) atoms. The molecule has 0 bridgehead atoms. The van der Waals surface area contributed by atoms with Gasteiger partial charge in [0.1, 0.15) is 11.9 Å². The van der Waals surface area contributed by atoms with Crippen LogP contribution in [0.4, 0.5) is 0 Å². The lowest BCUT2D eigenvalue weighted by molar-refractivity contribution is 0.215. The molecule has 1 aromatic carbocycles. The average molecular weight is 247 g/mol. The van der Waals surface area contributed by atoms with E-state index in [4.69, 9.17) is 4.74 Å². The van der Waals surface area contributed by atoms with Crippen LogP contribution in [0.25, 0.3) is 0 Å². The number of rotatable bonds is 7. The van der Waals surface area contributed by atoms with Gasteiger partial charge in [-0.1, -0.05) is 25.1 Å². The van der Waals surface area contributed by atoms with Gasteiger partial charge in [-0.3, -0.25) is 0 Å². The van der Waals surface area contributed by atoms with Crippen LogP contribution in [-0.2, 0) is 6.42 Å². The highest BCUT2D eigenvalue weighted by molar-refractivity contribution is 5.37. The van der Waals surface area contributed by atoms with E-state index < -0.39 is 0 Å². The highest BCUT2D eigenvalue weighted by Crippen LogP contribution is 2.30. The lowest BCUT2D eigenvalue weighted by Gasteiger charge is -2.15. The summed E-state index contributed by atoms with van der Waals surface area (Å²) in [5.41, 5.74) is 1.37. The standard InChI is InChI=1S/C16H25NO/c1-3-11-17-13(2)7-6-9-15-12-14-8-4-5-10-16(14)18-15/h4-5,8,10,13,15,17H,3,6-7,9,11-12H2,1-2H3. The fraction of sp³-hybridized carbons (Fsp3) is 0.625. The molecule has 2 rings (SSSR count). The van der Waals surface area contributed by atoms with Crippen molar-refractivity contribution in [1.29, 1.82) is 0 Å². The Bertz CT molecular complexity index is 339. The molecule has 2 nitrogen and oxygen atoms in total. The second kappa shape index (κ2) is 6.79. The van der Waals surface area contributed by atoms with Gasteiger partial charge >= 0.3 is 0 Å². The van der Waals surface area contributed by atoms with Gasteiger partial charge in [-0.2, -0.15) is 0 Å². The normalized spacial score (nSPS) is 19.3. The molecule has 1 aliphatic heterocycles. The minimum atomic E-state index is 0.403. The third-order valence-electron chi connectivity index (χ3n) is 3.62. The zero-order valence-electron chi connectivity index (χ0n) is 11.6. The maximum absolute atomic E-state index is 5.95. The quantitative estimate of drug-likeness (QED) is 0.795. The van der Waals surface area contributed by atoms with Gasteiger partial charge in [0.15, 0.2) is 0 Å². The highest BCUT2D eigenvalue weighted by atomic mass is 16.5. The van der Waals surface area contributed by atoms with Crippen LogP contribution >= 0.6 is 0 Å². The Morgan fingerprint density at radius 1 is 1.39 bits per heavy atom. The van der Waals surface area contributed by atoms with Crippen LogP contribution in [0.15, 0.2) is 24.3 Å². The molecule has 0 aromatic heterocycles. The molecule has 1 heterocycles. The molecule has 0 fully saturated rings. The molecule has 100 valence electrons. The lowest BCUT2D eigenvalue weighted by atomic mass is 10.0. The second-order valence-corrected chi connectivity index (χ2v) is 5.34. The predicted molar refractivity (Wildman–Crippen MR) is 76.2 cm³/mol. The second-order valence-electron chi connectivity index (χ2n) is 5.34. The number of benzene rings is 1. The van der Waals surface area contributed by atoms with Crippen LogP contribution in [0.1, 0.15) is 45.1 Å². The monoisotopic (exact) mass is 247 g/mol. The molecule has 0 amide bonds. The van der Waals surface area contributed by atoms with E-state index in [9.17, 15) is 0 Å². The van der Waals surface area contributed by atoms with Gasteiger partial charge in [-0.25, -0.2) is 0 Å². The van der Waals surface area contributed by atoms with Gasteiger partial charge in [-0.05, 0) is 50.8 Å². The number of para-hydroxylation sites is 1. The Balaban J connectivity index is 1.65. The SMILES string of the molecule is CCCNC(C)CCCC1Cc2ccccc2O1. The molecule has 2 heteroatoms. The third kappa shape index (κ3) is 3.74. The summed E-state index contributed by atoms with van der Waals surface area (Å²) in [4.78, 5) is 0. The van der Waals surface area contributed by atoms with E-state index in [0.29, 0.717) is 12.1 Å². The Hall–Kier alpha value is -1.02. The summed E-state index contributed by atoms with van der Waals surface area (Å²) < 4.78 is 5.95. The summed E-state index contributed by atoms with van der Waals surface area (Å²) in [5.74, 6) is 1.10. The fourth-order valence-corrected chi connectivity index (χ4v) is 2.56. The molecule has 1 aliphatic rings. The van der Waals surface area contributed by atoms with Crippen LogP contribution < -0.4 is 10.1 Å². The van der Waals surface area contributed by atoms with E-state index in [2.05, 4.69) is 43.4 Å². The van der Waals surface area contributed by atoms with Crippen LogP contribution in [0.2, 0.25) is 0 Å². The summed E-state index contributed by atoms with van der Waals surface area (Å²) in [6.45, 7) is 5.62. The summed E-state index contributed by atoms with van der Waals surface area (Å²) >= 11 is 0. The van der Waals surface area contributed by atoms with Gasteiger partial charge in [0, 0.05) is 12.5 Å². The van der Waals surface area contributed by atoms with Crippen LogP contribution in [0.5, 0.6) is 5.75 Å². The summed E-state index contributed by atoms with van der Waals surface area (Å²) in [5, 5.41) is 3.53. The van der Waals surface area contributed by atoms with Crippen molar-refractivity contribution >= 4 is 0 Å². The molecule has 0 spiro atoms. The molecule has 0 saturated heterocycles. The van der Waals surface area contributed by atoms with E-state index in [0.717, 1.165) is 18.7 Å². The van der Waals surface area contributed by atoms with E-state index >= 15 is 0 Å². The summed E-state index contributed by atoms with van der Waals surface area (Å²) in [6.07, 6.45) is 6.37. The van der Waals surface area contributed by atoms with Crippen molar-refractivity contribution in [2.75, 3.05) is 6.54 Å². The van der Waals surface area contributed by atoms with Crippen molar-refractivity contribution in [1.82, 2.24) is 5.32 Å². The number of hydrogen-bond donors (Lipinski definition) is 1. The molecular weight excluding hydrogens is 222 g/mol. The van der Waals surface area contributed by atoms with Crippen molar-refractivity contribution in [2.24, 2.45) is 0 Å². The lowest BCUT2D eigenvalue weighted by Crippen LogP contribution is -2.27. The first kappa shape index (κ1) is 13.4. The number of fused-ring (bicyclic) bond motifs is 1. The van der Waals surface area contributed by atoms with Crippen LogP contribution in [-0.4, -0.2) is 18.7 Å². The van der Waals surface area contributed by atoms with E-state index in [1.54, 1.807) is 0 Å². The van der Waals surface area contributed by atoms with Crippen molar-refractivity contribution in [3.05, 3.63) is 29.8 Å². The minimum absolute atomic E-state index is 0.403. The number of ether oxygens (including phenoxy) is 1. The number of nitrogens with one attached hydrogen (secondary N) is 1. The van der Waals surface area contributed by atoms with Crippen LogP contribution in [0.3, 0.4) is 0 Å². The Labute approximate surface area is 111 Å². The molecule has 1 aromatic rings. The molecule has 1 N–H and O–H groups in total. The van der Waals surface area contributed by atoms with E-state index in [-0.39, 0.29) is 0 Å². The van der Waals surface area contributed by atoms with Gasteiger partial charge in [-0.15, -0.1) is 0 Å². The van der Waals surface area contributed by atoms with Crippen molar-refractivity contribution in [2.45, 2.75) is 58.1 Å². The third-order valence-corrected chi connectivity index (χ3v) is 3.62. The van der Waals surface area contributed by atoms with Crippen molar-refractivity contribution < 1.29 is 4.74 Å². The average Bonchev–Trinajstić information content (AvgIpc) is 2.79. The van der Waals surface area contributed by atoms with Crippen molar-refractivity contribution in [3.8, 4) is 5.75 Å². The highest BCUT2D eigenvalue weighted by Gasteiger charge is 2.21. The van der Waals surface area contributed by atoms with Gasteiger partial charge in [0.25, 0.3) is 0 Å². The first-order valence-corrected chi connectivity index (χ1v) is 7.27. The molecule has 2 atom stereocenters. The molecule has 2 unspecified atom stereocenters. The van der Waals surface area contributed by atoms with E-state index in [1.807, 2.05) is 0 Å². The fourth-order valence-electron chi connectivity index (χ4n) is 2.56. The van der Waals surface area contributed by atoms with Gasteiger partial charge in [0.2, 0.25) is 0 Å². The van der Waals surface area contributed by atoms with E-state index in [1.165, 1.54) is 31.2 Å². The first-order valence-electron chi connectivity index (χ1n) is 7.27. The zero-order chi connectivity index (χ0) is 12.8. The molecule has 0 aliphatic carbocycles. The maximum atomic E-state index is 5.95. The Kier molecular flexibility index (Phi) is 5.06. The Morgan fingerprint density at radius 3 is 3.00 bits per heavy atom. The van der Waals surface area contributed by atoms with Gasteiger partial charge < -0.3 is 10.1 Å². The predicted octanol–water partition coefficient (Wildman–Crippen LogP) is 3.55. The maximum Gasteiger partial charge on any atom is 0.123 e.